The Bertz CT molecular complexity index is 465. The number of nitrogens with zero attached hydrogens (tertiary/aromatic N) is 1. The van der Waals surface area contributed by atoms with Crippen LogP contribution < -0.4 is 0 Å². The molecule has 0 saturated carbocycles. The van der Waals surface area contributed by atoms with Crippen molar-refractivity contribution in [3.8, 4) is 0 Å². The van der Waals surface area contributed by atoms with E-state index in [4.69, 9.17) is 9.94 Å². The largest absolute Gasteiger partial charge is 0.469 e. The highest BCUT2D eigenvalue weighted by molar-refractivity contribution is 6.08. The number of esters is 1. The minimum atomic E-state index is -0.342. The molecule has 0 saturated heterocycles. The average molecular weight is 219 g/mol. The predicted molar refractivity (Wildman–Crippen MR) is 58.9 cm³/mol. The van der Waals surface area contributed by atoms with Gasteiger partial charge in [-0.15, -0.1) is 0 Å². The quantitative estimate of drug-likeness (QED) is 0.445. The summed E-state index contributed by atoms with van der Waals surface area (Å²) in [6.07, 6.45) is 0.405. The molecule has 0 aromatic heterocycles. The van der Waals surface area contributed by atoms with E-state index in [1.807, 2.05) is 25.1 Å². The molecule has 2 rings (SSSR count). The van der Waals surface area contributed by atoms with Crippen LogP contribution in [0.1, 0.15) is 29.0 Å². The Kier molecular flexibility index (Phi) is 2.64. The third-order valence-electron chi connectivity index (χ3n) is 2.90. The van der Waals surface area contributed by atoms with Gasteiger partial charge in [-0.1, -0.05) is 28.9 Å². The van der Waals surface area contributed by atoms with Crippen molar-refractivity contribution in [3.05, 3.63) is 34.9 Å². The highest BCUT2D eigenvalue weighted by Gasteiger charge is 2.33. The minimum absolute atomic E-state index is 0.287. The molecule has 1 aliphatic carbocycles. The monoisotopic (exact) mass is 219 g/mol. The lowest BCUT2D eigenvalue weighted by molar-refractivity contribution is -0.142. The Morgan fingerprint density at radius 1 is 1.56 bits per heavy atom. The molecule has 0 bridgehead atoms. The smallest absolute Gasteiger partial charge is 0.313 e. The lowest BCUT2D eigenvalue weighted by Gasteiger charge is -2.08. The van der Waals surface area contributed by atoms with Crippen molar-refractivity contribution < 1.29 is 14.7 Å². The number of methoxy groups -OCH3 is 1. The van der Waals surface area contributed by atoms with Gasteiger partial charge in [0.1, 0.15) is 0 Å². The summed E-state index contributed by atoms with van der Waals surface area (Å²) in [7, 11) is 1.37. The van der Waals surface area contributed by atoms with Gasteiger partial charge in [0.25, 0.3) is 0 Å². The summed E-state index contributed by atoms with van der Waals surface area (Å²) < 4.78 is 4.75. The lowest BCUT2D eigenvalue weighted by atomic mass is 10.00. The number of aryl methyl sites for hydroxylation is 1. The van der Waals surface area contributed by atoms with Gasteiger partial charge < -0.3 is 9.94 Å². The maximum Gasteiger partial charge on any atom is 0.313 e. The van der Waals surface area contributed by atoms with Gasteiger partial charge in [0, 0.05) is 12.0 Å². The maximum atomic E-state index is 11.6. The highest BCUT2D eigenvalue weighted by atomic mass is 16.5. The molecule has 0 heterocycles. The van der Waals surface area contributed by atoms with Gasteiger partial charge in [-0.25, -0.2) is 0 Å². The van der Waals surface area contributed by atoms with E-state index in [2.05, 4.69) is 5.16 Å². The van der Waals surface area contributed by atoms with Gasteiger partial charge in [-0.3, -0.25) is 4.79 Å². The molecule has 0 radical (unpaired) electrons. The van der Waals surface area contributed by atoms with Crippen molar-refractivity contribution in [3.63, 3.8) is 0 Å². The van der Waals surface area contributed by atoms with Gasteiger partial charge >= 0.3 is 5.97 Å². The molecule has 4 heteroatoms. The number of oxime groups is 1. The van der Waals surface area contributed by atoms with E-state index in [1.54, 1.807) is 0 Å². The fourth-order valence-corrected chi connectivity index (χ4v) is 2.09. The first kappa shape index (κ1) is 10.7. The molecule has 0 aliphatic heterocycles. The molecule has 0 fully saturated rings. The summed E-state index contributed by atoms with van der Waals surface area (Å²) in [6, 6.07) is 5.75. The van der Waals surface area contributed by atoms with Crippen LogP contribution in [0.4, 0.5) is 0 Å². The summed E-state index contributed by atoms with van der Waals surface area (Å²) in [5.74, 6) is -0.628. The molecule has 1 N–H and O–H groups in total. The van der Waals surface area contributed by atoms with Gasteiger partial charge in [0.05, 0.1) is 18.7 Å². The third kappa shape index (κ3) is 1.56. The van der Waals surface area contributed by atoms with Crippen LogP contribution in [0.25, 0.3) is 0 Å². The Balaban J connectivity index is 2.51. The summed E-state index contributed by atoms with van der Waals surface area (Å²) >= 11 is 0. The van der Waals surface area contributed by atoms with E-state index in [1.165, 1.54) is 7.11 Å². The molecule has 1 atom stereocenters. The van der Waals surface area contributed by atoms with Gasteiger partial charge in [0.15, 0.2) is 0 Å². The first-order valence-corrected chi connectivity index (χ1v) is 5.07. The molecule has 0 amide bonds. The normalized spacial score (nSPS) is 20.9. The molecule has 4 nitrogen and oxygen atoms in total. The van der Waals surface area contributed by atoms with Gasteiger partial charge in [-0.05, 0) is 12.5 Å². The molecule has 1 aromatic rings. The van der Waals surface area contributed by atoms with Gasteiger partial charge in [-0.2, -0.15) is 0 Å². The zero-order valence-corrected chi connectivity index (χ0v) is 9.23. The summed E-state index contributed by atoms with van der Waals surface area (Å²) in [5, 5.41) is 12.1. The van der Waals surface area contributed by atoms with Gasteiger partial charge in [0.2, 0.25) is 0 Å². The molecular formula is C12H13NO3. The van der Waals surface area contributed by atoms with Crippen LogP contribution in [0.3, 0.4) is 0 Å². The van der Waals surface area contributed by atoms with E-state index in [0.29, 0.717) is 12.1 Å². The van der Waals surface area contributed by atoms with E-state index in [0.717, 1.165) is 16.7 Å². The van der Waals surface area contributed by atoms with E-state index >= 15 is 0 Å². The number of fused-ring (bicyclic) bond motifs is 1. The van der Waals surface area contributed by atoms with Crippen molar-refractivity contribution in [1.29, 1.82) is 0 Å². The highest BCUT2D eigenvalue weighted by Crippen LogP contribution is 2.34. The third-order valence-corrected chi connectivity index (χ3v) is 2.90. The van der Waals surface area contributed by atoms with Crippen LogP contribution in [0.2, 0.25) is 0 Å². The number of carbonyl (C=O) groups excluding carboxylic acids is 1. The number of hydrogen-bond acceptors (Lipinski definition) is 4. The first-order valence-electron chi connectivity index (χ1n) is 5.07. The number of carbonyl (C=O) groups is 1. The van der Waals surface area contributed by atoms with Crippen LogP contribution in [-0.2, 0) is 9.53 Å². The minimum Gasteiger partial charge on any atom is -0.469 e. The molecule has 16 heavy (non-hydrogen) atoms. The van der Waals surface area contributed by atoms with E-state index < -0.39 is 0 Å². The zero-order valence-electron chi connectivity index (χ0n) is 9.23. The summed E-state index contributed by atoms with van der Waals surface area (Å²) in [4.78, 5) is 11.6. The average Bonchev–Trinajstić information content (AvgIpc) is 2.66. The van der Waals surface area contributed by atoms with Crippen molar-refractivity contribution in [2.24, 2.45) is 5.16 Å². The molecule has 1 unspecified atom stereocenters. The predicted octanol–water partition coefficient (Wildman–Crippen LogP) is 1.83. The van der Waals surface area contributed by atoms with Crippen molar-refractivity contribution in [2.75, 3.05) is 7.11 Å². The summed E-state index contributed by atoms with van der Waals surface area (Å²) in [6.45, 7) is 1.96. The van der Waals surface area contributed by atoms with E-state index in [-0.39, 0.29) is 11.9 Å². The molecule has 84 valence electrons. The van der Waals surface area contributed by atoms with Crippen molar-refractivity contribution in [1.82, 2.24) is 0 Å². The number of ether oxygens (including phenoxy) is 1. The van der Waals surface area contributed by atoms with E-state index in [9.17, 15) is 4.79 Å². The number of rotatable bonds is 1. The van der Waals surface area contributed by atoms with Crippen LogP contribution in [0.5, 0.6) is 0 Å². The Morgan fingerprint density at radius 2 is 2.31 bits per heavy atom. The van der Waals surface area contributed by atoms with Crippen molar-refractivity contribution in [2.45, 2.75) is 19.3 Å². The van der Waals surface area contributed by atoms with Crippen LogP contribution in [0, 0.1) is 6.92 Å². The molecule has 0 spiro atoms. The molecule has 1 aliphatic rings. The second-order valence-electron chi connectivity index (χ2n) is 3.92. The Hall–Kier alpha value is -1.84. The summed E-state index contributed by atoms with van der Waals surface area (Å²) in [5.41, 5.74) is 3.35. The zero-order chi connectivity index (χ0) is 11.7. The topological polar surface area (TPSA) is 58.9 Å². The maximum absolute atomic E-state index is 11.6. The number of hydrogen-bond donors (Lipinski definition) is 1. The SMILES string of the molecule is COC(=O)C1C/C(=N\O)c2ccc(C)cc21. The number of benzene rings is 1. The Morgan fingerprint density at radius 3 is 2.94 bits per heavy atom. The fraction of sp³-hybridized carbons (Fsp3) is 0.333. The lowest BCUT2D eigenvalue weighted by Crippen LogP contribution is -2.11. The second kappa shape index (κ2) is 3.96. The second-order valence-corrected chi connectivity index (χ2v) is 3.92. The van der Waals surface area contributed by atoms with Crippen LogP contribution >= 0.6 is 0 Å². The van der Waals surface area contributed by atoms with Crippen LogP contribution in [-0.4, -0.2) is 24.0 Å². The standard InChI is InChI=1S/C12H13NO3/c1-7-3-4-8-9(5-7)10(12(14)16-2)6-11(8)13-15/h3-5,10,15H,6H2,1-2H3/b13-11+. The van der Waals surface area contributed by atoms with Crippen LogP contribution in [0.15, 0.2) is 23.4 Å². The Labute approximate surface area is 93.5 Å². The first-order chi connectivity index (χ1) is 7.67. The molecular weight excluding hydrogens is 206 g/mol. The fourth-order valence-electron chi connectivity index (χ4n) is 2.09. The molecule has 1 aromatic carbocycles. The van der Waals surface area contributed by atoms with Crippen molar-refractivity contribution >= 4 is 11.7 Å².